The summed E-state index contributed by atoms with van der Waals surface area (Å²) in [6.07, 6.45) is 1.13. The minimum atomic E-state index is -0.512. The summed E-state index contributed by atoms with van der Waals surface area (Å²) in [6, 6.07) is 4.53. The lowest BCUT2D eigenvalue weighted by Gasteiger charge is -2.39. The van der Waals surface area contributed by atoms with Crippen molar-refractivity contribution < 1.29 is 13.9 Å². The summed E-state index contributed by atoms with van der Waals surface area (Å²) in [7, 11) is 0. The number of carbonyl (C=O) groups is 1. The number of nitrogens with two attached hydrogens (primary N) is 1. The van der Waals surface area contributed by atoms with Gasteiger partial charge in [-0.3, -0.25) is 4.79 Å². The van der Waals surface area contributed by atoms with Crippen molar-refractivity contribution in [1.82, 2.24) is 4.90 Å². The topological polar surface area (TPSA) is 55.6 Å². The molecule has 1 aliphatic rings. The van der Waals surface area contributed by atoms with Gasteiger partial charge in [0.1, 0.15) is 11.9 Å². The lowest BCUT2D eigenvalue weighted by Crippen LogP contribution is -2.51. The van der Waals surface area contributed by atoms with Gasteiger partial charge in [0.25, 0.3) is 0 Å². The summed E-state index contributed by atoms with van der Waals surface area (Å²) in [5.74, 6) is -0.384. The van der Waals surface area contributed by atoms with Crippen LogP contribution in [-0.2, 0) is 9.53 Å². The number of hydrogen-bond donors (Lipinski definition) is 1. The predicted octanol–water partition coefficient (Wildman–Crippen LogP) is 3.14. The maximum atomic E-state index is 13.3. The van der Waals surface area contributed by atoms with Gasteiger partial charge in [0.15, 0.2) is 0 Å². The molecule has 0 aromatic heterocycles. The Morgan fingerprint density at radius 1 is 1.48 bits per heavy atom. The molecule has 6 heteroatoms. The molecule has 0 saturated carbocycles. The molecule has 1 amide bonds. The number of benzene rings is 1. The molecule has 23 heavy (non-hydrogen) atoms. The van der Waals surface area contributed by atoms with E-state index in [-0.39, 0.29) is 17.0 Å². The number of hydrogen-bond acceptors (Lipinski definition) is 3. The molecule has 0 aliphatic carbocycles. The summed E-state index contributed by atoms with van der Waals surface area (Å²) in [4.78, 5) is 14.7. The SMILES string of the molecule is CCC(CC)(CN)C(=O)N1CCOC(c2ccc(F)c(Cl)c2)C1. The van der Waals surface area contributed by atoms with E-state index in [4.69, 9.17) is 22.1 Å². The molecule has 0 bridgehead atoms. The highest BCUT2D eigenvalue weighted by Crippen LogP contribution is 2.31. The molecule has 2 N–H and O–H groups in total. The first-order chi connectivity index (χ1) is 11.0. The Balaban J connectivity index is 2.17. The summed E-state index contributed by atoms with van der Waals surface area (Å²) in [5, 5.41) is 0.0629. The summed E-state index contributed by atoms with van der Waals surface area (Å²) in [5.41, 5.74) is 6.15. The third-order valence-electron chi connectivity index (χ3n) is 4.87. The van der Waals surface area contributed by atoms with Crippen LogP contribution in [0.4, 0.5) is 4.39 Å². The van der Waals surface area contributed by atoms with E-state index >= 15 is 0 Å². The fourth-order valence-electron chi connectivity index (χ4n) is 3.01. The lowest BCUT2D eigenvalue weighted by molar-refractivity contribution is -0.150. The van der Waals surface area contributed by atoms with Crippen LogP contribution in [0.1, 0.15) is 38.4 Å². The van der Waals surface area contributed by atoms with Crippen LogP contribution < -0.4 is 5.73 Å². The van der Waals surface area contributed by atoms with Crippen LogP contribution in [0.3, 0.4) is 0 Å². The molecule has 128 valence electrons. The molecule has 0 radical (unpaired) electrons. The summed E-state index contributed by atoms with van der Waals surface area (Å²) < 4.78 is 19.1. The van der Waals surface area contributed by atoms with E-state index in [0.717, 1.165) is 5.56 Å². The fraction of sp³-hybridized carbons (Fsp3) is 0.588. The third kappa shape index (κ3) is 3.67. The highest BCUT2D eigenvalue weighted by atomic mass is 35.5. The van der Waals surface area contributed by atoms with E-state index in [2.05, 4.69) is 0 Å². The fourth-order valence-corrected chi connectivity index (χ4v) is 3.20. The van der Waals surface area contributed by atoms with Crippen molar-refractivity contribution in [2.45, 2.75) is 32.8 Å². The van der Waals surface area contributed by atoms with Gasteiger partial charge in [0.2, 0.25) is 5.91 Å². The zero-order valence-electron chi connectivity index (χ0n) is 13.6. The average Bonchev–Trinajstić information content (AvgIpc) is 2.59. The van der Waals surface area contributed by atoms with Gasteiger partial charge < -0.3 is 15.4 Å². The molecular weight excluding hydrogens is 319 g/mol. The van der Waals surface area contributed by atoms with Gasteiger partial charge in [-0.2, -0.15) is 0 Å². The van der Waals surface area contributed by atoms with Gasteiger partial charge in [0.05, 0.1) is 23.6 Å². The van der Waals surface area contributed by atoms with E-state index < -0.39 is 11.2 Å². The van der Waals surface area contributed by atoms with Crippen LogP contribution in [0.5, 0.6) is 0 Å². The first-order valence-corrected chi connectivity index (χ1v) is 8.41. The first kappa shape index (κ1) is 18.2. The monoisotopic (exact) mass is 342 g/mol. The lowest BCUT2D eigenvalue weighted by atomic mass is 9.80. The number of carbonyl (C=O) groups excluding carboxylic acids is 1. The Hall–Kier alpha value is -1.17. The smallest absolute Gasteiger partial charge is 0.230 e. The second-order valence-corrected chi connectivity index (χ2v) is 6.38. The molecule has 1 saturated heterocycles. The van der Waals surface area contributed by atoms with Crippen LogP contribution in [0.2, 0.25) is 5.02 Å². The first-order valence-electron chi connectivity index (χ1n) is 8.03. The number of morpholine rings is 1. The van der Waals surface area contributed by atoms with Crippen molar-refractivity contribution in [2.75, 3.05) is 26.2 Å². The highest BCUT2D eigenvalue weighted by molar-refractivity contribution is 6.30. The van der Waals surface area contributed by atoms with E-state index in [1.807, 2.05) is 18.7 Å². The maximum absolute atomic E-state index is 13.3. The van der Waals surface area contributed by atoms with Gasteiger partial charge in [-0.1, -0.05) is 31.5 Å². The van der Waals surface area contributed by atoms with Crippen molar-refractivity contribution in [2.24, 2.45) is 11.1 Å². The van der Waals surface area contributed by atoms with Crippen molar-refractivity contribution in [3.05, 3.63) is 34.6 Å². The van der Waals surface area contributed by atoms with Crippen molar-refractivity contribution in [3.63, 3.8) is 0 Å². The zero-order chi connectivity index (χ0) is 17.0. The summed E-state index contributed by atoms with van der Waals surface area (Å²) in [6.45, 7) is 5.75. The van der Waals surface area contributed by atoms with Crippen LogP contribution >= 0.6 is 11.6 Å². The molecular formula is C17H24ClFN2O2. The molecule has 1 unspecified atom stereocenters. The minimum Gasteiger partial charge on any atom is -0.370 e. The molecule has 1 aliphatic heterocycles. The van der Waals surface area contributed by atoms with E-state index in [1.54, 1.807) is 12.1 Å². The van der Waals surface area contributed by atoms with Crippen LogP contribution in [0.15, 0.2) is 18.2 Å². The summed E-state index contributed by atoms with van der Waals surface area (Å²) >= 11 is 5.84. The van der Waals surface area contributed by atoms with Crippen molar-refractivity contribution in [1.29, 1.82) is 0 Å². The van der Waals surface area contributed by atoms with Gasteiger partial charge in [-0.05, 0) is 30.5 Å². The molecule has 4 nitrogen and oxygen atoms in total. The van der Waals surface area contributed by atoms with Crippen LogP contribution in [0, 0.1) is 11.2 Å². The number of nitrogens with zero attached hydrogens (tertiary/aromatic N) is 1. The Morgan fingerprint density at radius 2 is 2.17 bits per heavy atom. The quantitative estimate of drug-likeness (QED) is 0.894. The van der Waals surface area contributed by atoms with Crippen molar-refractivity contribution >= 4 is 17.5 Å². The standard InChI is InChI=1S/C17H24ClFN2O2/c1-3-17(4-2,11-20)16(22)21-7-8-23-15(10-21)12-5-6-14(19)13(18)9-12/h5-6,9,15H,3-4,7-8,10-11,20H2,1-2H3. The molecule has 1 aromatic carbocycles. The van der Waals surface area contributed by atoms with Gasteiger partial charge in [0, 0.05) is 13.1 Å². The molecule has 0 spiro atoms. The average molecular weight is 343 g/mol. The molecule has 1 aromatic rings. The normalized spacial score (nSPS) is 19.0. The Kier molecular flexibility index (Phi) is 6.00. The number of ether oxygens (including phenoxy) is 1. The third-order valence-corrected chi connectivity index (χ3v) is 5.16. The molecule has 1 atom stereocenters. The molecule has 2 rings (SSSR count). The van der Waals surface area contributed by atoms with Gasteiger partial charge >= 0.3 is 0 Å². The van der Waals surface area contributed by atoms with E-state index in [1.165, 1.54) is 6.07 Å². The minimum absolute atomic E-state index is 0.0629. The largest absolute Gasteiger partial charge is 0.370 e. The number of halogens is 2. The molecule has 1 fully saturated rings. The van der Waals surface area contributed by atoms with E-state index in [0.29, 0.717) is 39.1 Å². The van der Waals surface area contributed by atoms with E-state index in [9.17, 15) is 9.18 Å². The second kappa shape index (κ2) is 7.60. The Labute approximate surface area is 141 Å². The highest BCUT2D eigenvalue weighted by Gasteiger charge is 2.38. The maximum Gasteiger partial charge on any atom is 0.230 e. The molecule has 1 heterocycles. The van der Waals surface area contributed by atoms with Crippen LogP contribution in [-0.4, -0.2) is 37.0 Å². The second-order valence-electron chi connectivity index (χ2n) is 5.98. The van der Waals surface area contributed by atoms with Crippen molar-refractivity contribution in [3.8, 4) is 0 Å². The zero-order valence-corrected chi connectivity index (χ0v) is 14.4. The van der Waals surface area contributed by atoms with Gasteiger partial charge in [-0.15, -0.1) is 0 Å². The van der Waals surface area contributed by atoms with Crippen LogP contribution in [0.25, 0.3) is 0 Å². The Morgan fingerprint density at radius 3 is 2.74 bits per heavy atom. The number of rotatable bonds is 5. The number of amides is 1. The predicted molar refractivity (Wildman–Crippen MR) is 88.8 cm³/mol. The Bertz CT molecular complexity index is 555. The van der Waals surface area contributed by atoms with Gasteiger partial charge in [-0.25, -0.2) is 4.39 Å².